The number of rotatable bonds is 5. The van der Waals surface area contributed by atoms with Gasteiger partial charge in [-0.3, -0.25) is 10.1 Å². The molecule has 2 aromatic rings. The molecule has 0 aliphatic carbocycles. The summed E-state index contributed by atoms with van der Waals surface area (Å²) < 4.78 is 6.78. The molecule has 100 valence electrons. The van der Waals surface area contributed by atoms with Gasteiger partial charge in [-0.05, 0) is 18.2 Å². The van der Waals surface area contributed by atoms with Crippen LogP contribution in [0.25, 0.3) is 0 Å². The maximum atomic E-state index is 12.1. The minimum atomic E-state index is -0.289. The van der Waals surface area contributed by atoms with Gasteiger partial charge in [0, 0.05) is 26.0 Å². The molecule has 1 amide bonds. The molecule has 0 saturated heterocycles. The number of nitrogens with one attached hydrogen (secondary N) is 1. The monoisotopic (exact) mass is 280 g/mol. The van der Waals surface area contributed by atoms with E-state index in [-0.39, 0.29) is 17.0 Å². The zero-order valence-corrected chi connectivity index (χ0v) is 11.1. The van der Waals surface area contributed by atoms with Crippen LogP contribution in [0.15, 0.2) is 30.6 Å². The summed E-state index contributed by atoms with van der Waals surface area (Å²) in [5.74, 6) is -0.111. The summed E-state index contributed by atoms with van der Waals surface area (Å²) in [5.41, 5.74) is 0.514. The first kappa shape index (κ1) is 13.5. The Labute approximate surface area is 115 Å². The highest BCUT2D eigenvalue weighted by Crippen LogP contribution is 2.09. The van der Waals surface area contributed by atoms with Crippen LogP contribution in [0.4, 0.5) is 5.95 Å². The lowest BCUT2D eigenvalue weighted by Gasteiger charge is -2.08. The number of halogens is 1. The molecule has 0 saturated carbocycles. The van der Waals surface area contributed by atoms with Crippen molar-refractivity contribution in [3.05, 3.63) is 41.4 Å². The highest BCUT2D eigenvalue weighted by atomic mass is 35.5. The lowest BCUT2D eigenvalue weighted by Crippen LogP contribution is -2.19. The van der Waals surface area contributed by atoms with Crippen molar-refractivity contribution in [2.75, 3.05) is 19.0 Å². The Bertz CT molecular complexity index is 570. The third-order valence-corrected chi connectivity index (χ3v) is 2.66. The Morgan fingerprint density at radius 1 is 1.53 bits per heavy atom. The van der Waals surface area contributed by atoms with Gasteiger partial charge in [0.25, 0.3) is 5.91 Å². The predicted molar refractivity (Wildman–Crippen MR) is 71.3 cm³/mol. The third-order valence-electron chi connectivity index (χ3n) is 2.45. The first-order chi connectivity index (χ1) is 9.20. The molecule has 0 bridgehead atoms. The Hall–Kier alpha value is -1.92. The van der Waals surface area contributed by atoms with Crippen molar-refractivity contribution in [1.29, 1.82) is 0 Å². The normalized spacial score (nSPS) is 10.4. The van der Waals surface area contributed by atoms with Crippen LogP contribution in [-0.2, 0) is 11.3 Å². The van der Waals surface area contributed by atoms with Crippen molar-refractivity contribution in [2.45, 2.75) is 6.54 Å². The fourth-order valence-electron chi connectivity index (χ4n) is 1.57. The molecule has 0 radical (unpaired) electrons. The lowest BCUT2D eigenvalue weighted by atomic mass is 10.4. The smallest absolute Gasteiger partial charge is 0.274 e. The van der Waals surface area contributed by atoms with Gasteiger partial charge in [0.15, 0.2) is 0 Å². The quantitative estimate of drug-likeness (QED) is 0.849. The number of anilines is 1. The summed E-state index contributed by atoms with van der Waals surface area (Å²) in [6.07, 6.45) is 3.29. The Kier molecular flexibility index (Phi) is 4.48. The summed E-state index contributed by atoms with van der Waals surface area (Å²) in [6, 6.07) is 5.05. The second kappa shape index (κ2) is 6.31. The summed E-state index contributed by atoms with van der Waals surface area (Å²) in [4.78, 5) is 19.9. The van der Waals surface area contributed by atoms with Crippen LogP contribution < -0.4 is 5.32 Å². The van der Waals surface area contributed by atoms with E-state index < -0.39 is 0 Å². The molecule has 19 heavy (non-hydrogen) atoms. The number of carbonyl (C=O) groups excluding carboxylic acids is 1. The molecule has 0 aliphatic heterocycles. The molecule has 2 aromatic heterocycles. The van der Waals surface area contributed by atoms with Gasteiger partial charge in [-0.25, -0.2) is 9.97 Å². The highest BCUT2D eigenvalue weighted by molar-refractivity contribution is 6.29. The summed E-state index contributed by atoms with van der Waals surface area (Å²) in [5, 5.41) is 2.87. The van der Waals surface area contributed by atoms with E-state index in [1.54, 1.807) is 29.9 Å². The van der Waals surface area contributed by atoms with Crippen LogP contribution in [0.2, 0.25) is 5.15 Å². The summed E-state index contributed by atoms with van der Waals surface area (Å²) in [6.45, 7) is 1.13. The third kappa shape index (κ3) is 3.52. The Morgan fingerprint density at radius 3 is 3.11 bits per heavy atom. The Balaban J connectivity index is 2.09. The number of hydrogen-bond acceptors (Lipinski definition) is 4. The largest absolute Gasteiger partial charge is 0.383 e. The first-order valence-electron chi connectivity index (χ1n) is 5.64. The van der Waals surface area contributed by atoms with E-state index in [1.165, 1.54) is 6.20 Å². The average molecular weight is 281 g/mol. The minimum Gasteiger partial charge on any atom is -0.383 e. The van der Waals surface area contributed by atoms with Crippen LogP contribution in [0.3, 0.4) is 0 Å². The average Bonchev–Trinajstić information content (AvgIpc) is 2.84. The highest BCUT2D eigenvalue weighted by Gasteiger charge is 2.12. The predicted octanol–water partition coefficient (Wildman–Crippen LogP) is 1.83. The second-order valence-electron chi connectivity index (χ2n) is 3.74. The zero-order valence-electron chi connectivity index (χ0n) is 10.3. The number of hydrogen-bond donors (Lipinski definition) is 1. The van der Waals surface area contributed by atoms with Gasteiger partial charge in [-0.2, -0.15) is 0 Å². The molecule has 0 aliphatic rings. The Morgan fingerprint density at radius 2 is 2.37 bits per heavy atom. The molecule has 2 rings (SSSR count). The molecule has 0 unspecified atom stereocenters. The first-order valence-corrected chi connectivity index (χ1v) is 6.02. The molecule has 6 nitrogen and oxygen atoms in total. The fourth-order valence-corrected chi connectivity index (χ4v) is 1.70. The van der Waals surface area contributed by atoms with Gasteiger partial charge >= 0.3 is 0 Å². The molecule has 0 spiro atoms. The van der Waals surface area contributed by atoms with E-state index >= 15 is 0 Å². The molecule has 0 atom stereocenters. The molecule has 2 heterocycles. The van der Waals surface area contributed by atoms with Crippen LogP contribution in [0.5, 0.6) is 0 Å². The maximum absolute atomic E-state index is 12.1. The van der Waals surface area contributed by atoms with E-state index in [9.17, 15) is 4.79 Å². The van der Waals surface area contributed by atoms with Crippen molar-refractivity contribution in [1.82, 2.24) is 14.5 Å². The van der Waals surface area contributed by atoms with E-state index in [2.05, 4.69) is 15.3 Å². The van der Waals surface area contributed by atoms with Crippen molar-refractivity contribution in [3.8, 4) is 0 Å². The number of ether oxygens (including phenoxy) is 1. The SMILES string of the molecule is COCCn1cccc1C(=O)Nc1nccc(Cl)n1. The van der Waals surface area contributed by atoms with Crippen LogP contribution in [0, 0.1) is 0 Å². The number of carbonyl (C=O) groups is 1. The fraction of sp³-hybridized carbons (Fsp3) is 0.250. The summed E-state index contributed by atoms with van der Waals surface area (Å²) >= 11 is 5.73. The van der Waals surface area contributed by atoms with Crippen LogP contribution in [0.1, 0.15) is 10.5 Å². The zero-order chi connectivity index (χ0) is 13.7. The topological polar surface area (TPSA) is 69.0 Å². The van der Waals surface area contributed by atoms with Gasteiger partial charge in [0.2, 0.25) is 5.95 Å². The standard InChI is InChI=1S/C12H13ClN4O2/c1-19-8-7-17-6-2-3-9(17)11(18)16-12-14-5-4-10(13)15-12/h2-6H,7-8H2,1H3,(H,14,15,16,18). The van der Waals surface area contributed by atoms with Crippen LogP contribution in [-0.4, -0.2) is 34.2 Å². The van der Waals surface area contributed by atoms with E-state index in [0.717, 1.165) is 0 Å². The lowest BCUT2D eigenvalue weighted by molar-refractivity contribution is 0.101. The molecule has 1 N–H and O–H groups in total. The van der Waals surface area contributed by atoms with Gasteiger partial charge in [0.1, 0.15) is 10.8 Å². The molecule has 0 fully saturated rings. The van der Waals surface area contributed by atoms with Crippen LogP contribution >= 0.6 is 11.6 Å². The minimum absolute atomic E-state index is 0.178. The van der Waals surface area contributed by atoms with E-state index in [0.29, 0.717) is 18.8 Å². The molecular formula is C12H13ClN4O2. The van der Waals surface area contributed by atoms with E-state index in [4.69, 9.17) is 16.3 Å². The number of methoxy groups -OCH3 is 1. The van der Waals surface area contributed by atoms with Gasteiger partial charge in [-0.1, -0.05) is 11.6 Å². The van der Waals surface area contributed by atoms with Crippen molar-refractivity contribution >= 4 is 23.5 Å². The molecule has 0 aromatic carbocycles. The van der Waals surface area contributed by atoms with Gasteiger partial charge < -0.3 is 9.30 Å². The van der Waals surface area contributed by atoms with Gasteiger partial charge in [0.05, 0.1) is 6.61 Å². The van der Waals surface area contributed by atoms with Gasteiger partial charge in [-0.15, -0.1) is 0 Å². The summed E-state index contributed by atoms with van der Waals surface area (Å²) in [7, 11) is 1.61. The second-order valence-corrected chi connectivity index (χ2v) is 4.12. The van der Waals surface area contributed by atoms with E-state index in [1.807, 2.05) is 6.20 Å². The number of amides is 1. The van der Waals surface area contributed by atoms with Crippen molar-refractivity contribution in [2.24, 2.45) is 0 Å². The molecular weight excluding hydrogens is 268 g/mol. The maximum Gasteiger partial charge on any atom is 0.274 e. The van der Waals surface area contributed by atoms with Crippen molar-refractivity contribution < 1.29 is 9.53 Å². The van der Waals surface area contributed by atoms with Crippen molar-refractivity contribution in [3.63, 3.8) is 0 Å². The molecule has 7 heteroatoms. The number of aromatic nitrogens is 3. The number of nitrogens with zero attached hydrogens (tertiary/aromatic N) is 3.